The van der Waals surface area contributed by atoms with Crippen LogP contribution in [0.4, 0.5) is 0 Å². The van der Waals surface area contributed by atoms with Crippen LogP contribution in [0.5, 0.6) is 0 Å². The second-order valence-electron chi connectivity index (χ2n) is 5.77. The van der Waals surface area contributed by atoms with Crippen LogP contribution in [0.1, 0.15) is 40.5 Å². The largest absolute Gasteiger partial charge is 0.309 e. The highest BCUT2D eigenvalue weighted by Crippen LogP contribution is 2.18. The maximum absolute atomic E-state index is 11.8. The SMILES string of the molecule is CCCS(=O)(=O)CCN1CC(C)(CC)NCC1C. The highest BCUT2D eigenvalue weighted by atomic mass is 32.2. The highest BCUT2D eigenvalue weighted by molar-refractivity contribution is 7.91. The molecule has 0 aromatic heterocycles. The molecule has 0 bridgehead atoms. The van der Waals surface area contributed by atoms with Crippen LogP contribution in [-0.4, -0.2) is 56.0 Å². The van der Waals surface area contributed by atoms with Crippen molar-refractivity contribution >= 4 is 9.84 Å². The summed E-state index contributed by atoms with van der Waals surface area (Å²) in [5.41, 5.74) is 0.126. The van der Waals surface area contributed by atoms with Gasteiger partial charge in [0.15, 0.2) is 9.84 Å². The summed E-state index contributed by atoms with van der Waals surface area (Å²) in [4.78, 5) is 2.31. The standard InChI is InChI=1S/C13H28N2O2S/c1-5-8-18(16,17)9-7-15-11-13(4,6-2)14-10-12(15)3/h12,14H,5-11H2,1-4H3. The van der Waals surface area contributed by atoms with Gasteiger partial charge in [-0.1, -0.05) is 13.8 Å². The fourth-order valence-electron chi connectivity index (χ4n) is 2.39. The van der Waals surface area contributed by atoms with E-state index in [1.807, 2.05) is 6.92 Å². The Balaban J connectivity index is 2.54. The molecule has 1 heterocycles. The first-order chi connectivity index (χ1) is 8.32. The van der Waals surface area contributed by atoms with Crippen LogP contribution >= 0.6 is 0 Å². The van der Waals surface area contributed by atoms with Gasteiger partial charge in [-0.3, -0.25) is 4.90 Å². The number of nitrogens with zero attached hydrogens (tertiary/aromatic N) is 1. The van der Waals surface area contributed by atoms with Crippen LogP contribution in [0.25, 0.3) is 0 Å². The van der Waals surface area contributed by atoms with Gasteiger partial charge in [0.2, 0.25) is 0 Å². The van der Waals surface area contributed by atoms with Crippen LogP contribution in [0.2, 0.25) is 0 Å². The quantitative estimate of drug-likeness (QED) is 0.794. The molecule has 1 rings (SSSR count). The minimum absolute atomic E-state index is 0.126. The van der Waals surface area contributed by atoms with Gasteiger partial charge in [-0.15, -0.1) is 0 Å². The van der Waals surface area contributed by atoms with Gasteiger partial charge in [0, 0.05) is 37.0 Å². The Morgan fingerprint density at radius 1 is 1.33 bits per heavy atom. The van der Waals surface area contributed by atoms with Crippen molar-refractivity contribution in [3.05, 3.63) is 0 Å². The molecule has 0 aromatic carbocycles. The van der Waals surface area contributed by atoms with Crippen molar-refractivity contribution in [2.24, 2.45) is 0 Å². The number of nitrogens with one attached hydrogen (secondary N) is 1. The molecule has 18 heavy (non-hydrogen) atoms. The maximum Gasteiger partial charge on any atom is 0.151 e. The molecule has 0 aliphatic carbocycles. The zero-order valence-electron chi connectivity index (χ0n) is 12.2. The lowest BCUT2D eigenvalue weighted by Gasteiger charge is -2.45. The summed E-state index contributed by atoms with van der Waals surface area (Å²) >= 11 is 0. The van der Waals surface area contributed by atoms with E-state index in [2.05, 4.69) is 31.0 Å². The van der Waals surface area contributed by atoms with E-state index < -0.39 is 9.84 Å². The number of piperazine rings is 1. The van der Waals surface area contributed by atoms with E-state index in [-0.39, 0.29) is 5.54 Å². The molecule has 0 amide bonds. The molecule has 1 saturated heterocycles. The van der Waals surface area contributed by atoms with Crippen molar-refractivity contribution in [1.29, 1.82) is 0 Å². The van der Waals surface area contributed by atoms with Crippen LogP contribution < -0.4 is 5.32 Å². The summed E-state index contributed by atoms with van der Waals surface area (Å²) in [6, 6.07) is 0.418. The topological polar surface area (TPSA) is 49.4 Å². The average Bonchev–Trinajstić information content (AvgIpc) is 2.31. The molecule has 1 aliphatic heterocycles. The number of hydrogen-bond donors (Lipinski definition) is 1. The average molecular weight is 276 g/mol. The summed E-state index contributed by atoms with van der Waals surface area (Å²) in [6.07, 6.45) is 1.78. The van der Waals surface area contributed by atoms with Gasteiger partial charge < -0.3 is 5.32 Å². The van der Waals surface area contributed by atoms with Gasteiger partial charge >= 0.3 is 0 Å². The number of hydrogen-bond acceptors (Lipinski definition) is 4. The zero-order valence-corrected chi connectivity index (χ0v) is 13.0. The normalized spacial score (nSPS) is 30.6. The van der Waals surface area contributed by atoms with E-state index in [0.717, 1.165) is 19.5 Å². The summed E-state index contributed by atoms with van der Waals surface area (Å²) in [6.45, 7) is 11.0. The van der Waals surface area contributed by atoms with E-state index >= 15 is 0 Å². The van der Waals surface area contributed by atoms with Crippen molar-refractivity contribution in [3.63, 3.8) is 0 Å². The molecular weight excluding hydrogens is 248 g/mol. The molecular formula is C13H28N2O2S. The van der Waals surface area contributed by atoms with Crippen LogP contribution in [0.15, 0.2) is 0 Å². The van der Waals surface area contributed by atoms with Crippen LogP contribution in [-0.2, 0) is 9.84 Å². The molecule has 0 aromatic rings. The van der Waals surface area contributed by atoms with Crippen molar-refractivity contribution in [3.8, 4) is 0 Å². The lowest BCUT2D eigenvalue weighted by atomic mass is 9.94. The van der Waals surface area contributed by atoms with Gasteiger partial charge in [0.25, 0.3) is 0 Å². The van der Waals surface area contributed by atoms with E-state index in [1.54, 1.807) is 0 Å². The van der Waals surface area contributed by atoms with Gasteiger partial charge in [0.1, 0.15) is 0 Å². The number of sulfone groups is 1. The number of rotatable bonds is 6. The first-order valence-corrected chi connectivity index (χ1v) is 8.83. The molecule has 0 radical (unpaired) electrons. The van der Waals surface area contributed by atoms with Gasteiger partial charge in [-0.2, -0.15) is 0 Å². The molecule has 1 N–H and O–H groups in total. The third kappa shape index (κ3) is 4.52. The molecule has 1 aliphatic rings. The van der Waals surface area contributed by atoms with E-state index in [1.165, 1.54) is 0 Å². The summed E-state index contributed by atoms with van der Waals surface area (Å²) in [5, 5.41) is 3.56. The van der Waals surface area contributed by atoms with Crippen molar-refractivity contribution in [2.45, 2.75) is 52.1 Å². The summed E-state index contributed by atoms with van der Waals surface area (Å²) in [7, 11) is -2.86. The smallest absolute Gasteiger partial charge is 0.151 e. The third-order valence-corrected chi connectivity index (χ3v) is 5.82. The predicted octanol–water partition coefficient (Wildman–Crippen LogP) is 1.27. The molecule has 2 atom stereocenters. The molecule has 4 nitrogen and oxygen atoms in total. The minimum atomic E-state index is -2.86. The lowest BCUT2D eigenvalue weighted by Crippen LogP contribution is -2.62. The fraction of sp³-hybridized carbons (Fsp3) is 1.00. The second-order valence-corrected chi connectivity index (χ2v) is 8.07. The summed E-state index contributed by atoms with van der Waals surface area (Å²) in [5.74, 6) is 0.615. The fourth-order valence-corrected chi connectivity index (χ4v) is 3.73. The van der Waals surface area contributed by atoms with Gasteiger partial charge in [0.05, 0.1) is 5.75 Å². The monoisotopic (exact) mass is 276 g/mol. The first-order valence-electron chi connectivity index (χ1n) is 7.01. The third-order valence-electron chi connectivity index (χ3n) is 3.98. The van der Waals surface area contributed by atoms with E-state index in [4.69, 9.17) is 0 Å². The minimum Gasteiger partial charge on any atom is -0.309 e. The Morgan fingerprint density at radius 2 is 2.00 bits per heavy atom. The lowest BCUT2D eigenvalue weighted by molar-refractivity contribution is 0.0993. The molecule has 2 unspecified atom stereocenters. The second kappa shape index (κ2) is 6.35. The molecule has 5 heteroatoms. The predicted molar refractivity (Wildman–Crippen MR) is 76.7 cm³/mol. The van der Waals surface area contributed by atoms with Crippen LogP contribution in [0, 0.1) is 0 Å². The molecule has 0 spiro atoms. The van der Waals surface area contributed by atoms with Crippen LogP contribution in [0.3, 0.4) is 0 Å². The Labute approximate surface area is 112 Å². The van der Waals surface area contributed by atoms with E-state index in [9.17, 15) is 8.42 Å². The van der Waals surface area contributed by atoms with Crippen molar-refractivity contribution < 1.29 is 8.42 Å². The molecule has 108 valence electrons. The molecule has 1 fully saturated rings. The Hall–Kier alpha value is -0.130. The summed E-state index contributed by atoms with van der Waals surface area (Å²) < 4.78 is 23.5. The van der Waals surface area contributed by atoms with Gasteiger partial charge in [-0.05, 0) is 26.7 Å². The Morgan fingerprint density at radius 3 is 2.56 bits per heavy atom. The van der Waals surface area contributed by atoms with Crippen molar-refractivity contribution in [2.75, 3.05) is 31.1 Å². The van der Waals surface area contributed by atoms with E-state index in [0.29, 0.717) is 30.5 Å². The Kier molecular flexibility index (Phi) is 5.62. The Bertz CT molecular complexity index is 356. The zero-order chi connectivity index (χ0) is 13.8. The molecule has 0 saturated carbocycles. The maximum atomic E-state index is 11.8. The first kappa shape index (κ1) is 15.9. The van der Waals surface area contributed by atoms with Crippen molar-refractivity contribution in [1.82, 2.24) is 10.2 Å². The highest BCUT2D eigenvalue weighted by Gasteiger charge is 2.32. The van der Waals surface area contributed by atoms with Gasteiger partial charge in [-0.25, -0.2) is 8.42 Å².